The maximum absolute atomic E-state index is 13.7. The summed E-state index contributed by atoms with van der Waals surface area (Å²) >= 11 is 6.36. The van der Waals surface area contributed by atoms with Gasteiger partial charge in [0.25, 0.3) is 0 Å². The molecule has 0 saturated heterocycles. The fraction of sp³-hybridized carbons (Fsp3) is 0.148. The molecular formula is C27H24ClN3O. The van der Waals surface area contributed by atoms with Gasteiger partial charge in [-0.15, -0.1) is 0 Å². The summed E-state index contributed by atoms with van der Waals surface area (Å²) < 4.78 is 2.17. The highest BCUT2D eigenvalue weighted by Gasteiger charge is 2.33. The van der Waals surface area contributed by atoms with Crippen LogP contribution in [0.1, 0.15) is 34.0 Å². The van der Waals surface area contributed by atoms with Gasteiger partial charge in [0.1, 0.15) is 0 Å². The van der Waals surface area contributed by atoms with E-state index in [2.05, 4.69) is 48.1 Å². The number of urea groups is 1. The number of aromatic nitrogens is 1. The average molecular weight is 442 g/mol. The number of carbonyl (C=O) groups is 1. The molecule has 3 aromatic carbocycles. The maximum atomic E-state index is 13.7. The van der Waals surface area contributed by atoms with E-state index >= 15 is 0 Å². The molecule has 4 nitrogen and oxygen atoms in total. The normalized spacial score (nSPS) is 15.0. The van der Waals surface area contributed by atoms with Gasteiger partial charge in [0.15, 0.2) is 0 Å². The van der Waals surface area contributed by atoms with Crippen LogP contribution in [0.2, 0.25) is 5.02 Å². The Kier molecular flexibility index (Phi) is 5.24. The standard InChI is InChI=1S/C27H24ClN3O/c1-18-12-13-23(15-19(18)2)29-27(32)31-17-21-7-3-4-10-24(21)30-14-6-11-25(30)26(31)20-8-5-9-22(28)16-20/h3-16,26H,17H2,1-2H3,(H,29,32). The molecule has 5 heteroatoms. The summed E-state index contributed by atoms with van der Waals surface area (Å²) in [5.74, 6) is 0. The summed E-state index contributed by atoms with van der Waals surface area (Å²) in [5, 5.41) is 3.77. The summed E-state index contributed by atoms with van der Waals surface area (Å²) in [4.78, 5) is 15.6. The second kappa shape index (κ2) is 8.21. The Balaban J connectivity index is 1.63. The maximum Gasteiger partial charge on any atom is 0.322 e. The minimum atomic E-state index is -0.289. The zero-order valence-electron chi connectivity index (χ0n) is 18.0. The van der Waals surface area contributed by atoms with Crippen molar-refractivity contribution in [3.8, 4) is 5.69 Å². The first-order chi connectivity index (χ1) is 15.5. The number of anilines is 1. The van der Waals surface area contributed by atoms with E-state index in [1.165, 1.54) is 5.56 Å². The van der Waals surface area contributed by atoms with Crippen molar-refractivity contribution in [1.29, 1.82) is 0 Å². The van der Waals surface area contributed by atoms with Gasteiger partial charge in [-0.25, -0.2) is 4.79 Å². The Labute approximate surface area is 193 Å². The molecule has 0 fully saturated rings. The van der Waals surface area contributed by atoms with Crippen molar-refractivity contribution < 1.29 is 4.79 Å². The fourth-order valence-electron chi connectivity index (χ4n) is 4.38. The van der Waals surface area contributed by atoms with Crippen molar-refractivity contribution in [3.05, 3.63) is 118 Å². The number of para-hydroxylation sites is 1. The minimum absolute atomic E-state index is 0.150. The third-order valence-corrected chi connectivity index (χ3v) is 6.38. The van der Waals surface area contributed by atoms with Gasteiger partial charge in [-0.1, -0.05) is 48.0 Å². The molecule has 32 heavy (non-hydrogen) atoms. The average Bonchev–Trinajstić information content (AvgIpc) is 3.20. The van der Waals surface area contributed by atoms with Crippen LogP contribution in [0.5, 0.6) is 0 Å². The predicted molar refractivity (Wildman–Crippen MR) is 130 cm³/mol. The lowest BCUT2D eigenvalue weighted by atomic mass is 10.0. The Hall–Kier alpha value is -3.50. The smallest absolute Gasteiger partial charge is 0.318 e. The van der Waals surface area contributed by atoms with Crippen molar-refractivity contribution in [3.63, 3.8) is 0 Å². The predicted octanol–water partition coefficient (Wildman–Crippen LogP) is 6.88. The molecule has 1 N–H and O–H groups in total. The lowest BCUT2D eigenvalue weighted by Gasteiger charge is -2.31. The van der Waals surface area contributed by atoms with Crippen LogP contribution in [0.15, 0.2) is 85.1 Å². The first-order valence-corrected chi connectivity index (χ1v) is 11.0. The number of hydrogen-bond donors (Lipinski definition) is 1. The van der Waals surface area contributed by atoms with Crippen molar-refractivity contribution in [2.45, 2.75) is 26.4 Å². The SMILES string of the molecule is Cc1ccc(NC(=O)N2Cc3ccccc3-n3cccc3C2c2cccc(Cl)c2)cc1C. The second-order valence-corrected chi connectivity index (χ2v) is 8.68. The lowest BCUT2D eigenvalue weighted by Crippen LogP contribution is -2.37. The Morgan fingerprint density at radius 3 is 2.59 bits per heavy atom. The molecule has 160 valence electrons. The molecule has 2 amide bonds. The molecule has 1 unspecified atom stereocenters. The summed E-state index contributed by atoms with van der Waals surface area (Å²) in [6.07, 6.45) is 2.05. The molecule has 0 aliphatic carbocycles. The number of nitrogens with one attached hydrogen (secondary N) is 1. The van der Waals surface area contributed by atoms with Crippen molar-refractivity contribution in [2.75, 3.05) is 5.32 Å². The van der Waals surface area contributed by atoms with Crippen LogP contribution in [0.3, 0.4) is 0 Å². The van der Waals surface area contributed by atoms with Crippen LogP contribution >= 0.6 is 11.6 Å². The zero-order chi connectivity index (χ0) is 22.2. The van der Waals surface area contributed by atoms with Gasteiger partial charge in [0, 0.05) is 22.6 Å². The lowest BCUT2D eigenvalue weighted by molar-refractivity contribution is 0.194. The molecule has 0 saturated carbocycles. The van der Waals surface area contributed by atoms with Gasteiger partial charge in [0.2, 0.25) is 0 Å². The number of rotatable bonds is 2. The summed E-state index contributed by atoms with van der Waals surface area (Å²) in [6.45, 7) is 4.59. The molecule has 2 heterocycles. The number of hydrogen-bond acceptors (Lipinski definition) is 1. The van der Waals surface area contributed by atoms with Crippen LogP contribution in [0.25, 0.3) is 5.69 Å². The number of carbonyl (C=O) groups excluding carboxylic acids is 1. The number of halogens is 1. The van der Waals surface area contributed by atoms with Crippen LogP contribution in [-0.4, -0.2) is 15.5 Å². The van der Waals surface area contributed by atoms with Gasteiger partial charge in [0.05, 0.1) is 18.3 Å². The zero-order valence-corrected chi connectivity index (χ0v) is 18.8. The summed E-state index contributed by atoms with van der Waals surface area (Å²) in [7, 11) is 0. The molecular weight excluding hydrogens is 418 g/mol. The molecule has 1 aliphatic heterocycles. The largest absolute Gasteiger partial charge is 0.322 e. The number of fused-ring (bicyclic) bond motifs is 3. The Morgan fingerprint density at radius 1 is 0.938 bits per heavy atom. The van der Waals surface area contributed by atoms with Crippen molar-refractivity contribution in [1.82, 2.24) is 9.47 Å². The van der Waals surface area contributed by atoms with Crippen LogP contribution in [0.4, 0.5) is 10.5 Å². The van der Waals surface area contributed by atoms with Crippen LogP contribution in [-0.2, 0) is 6.54 Å². The Morgan fingerprint density at radius 2 is 1.78 bits per heavy atom. The van der Waals surface area contributed by atoms with E-state index < -0.39 is 0 Å². The highest BCUT2D eigenvalue weighted by Crippen LogP contribution is 2.37. The monoisotopic (exact) mass is 441 g/mol. The van der Waals surface area contributed by atoms with Gasteiger partial charge < -0.3 is 14.8 Å². The summed E-state index contributed by atoms with van der Waals surface area (Å²) in [5.41, 5.74) is 7.29. The van der Waals surface area contributed by atoms with Gasteiger partial charge in [-0.2, -0.15) is 0 Å². The first-order valence-electron chi connectivity index (χ1n) is 10.7. The van der Waals surface area contributed by atoms with E-state index in [1.807, 2.05) is 65.6 Å². The van der Waals surface area contributed by atoms with E-state index in [0.717, 1.165) is 33.8 Å². The molecule has 1 aliphatic rings. The second-order valence-electron chi connectivity index (χ2n) is 8.25. The van der Waals surface area contributed by atoms with E-state index in [0.29, 0.717) is 11.6 Å². The number of amides is 2. The van der Waals surface area contributed by atoms with E-state index in [1.54, 1.807) is 0 Å². The quantitative estimate of drug-likeness (QED) is 0.361. The topological polar surface area (TPSA) is 37.3 Å². The fourth-order valence-corrected chi connectivity index (χ4v) is 4.58. The third-order valence-electron chi connectivity index (χ3n) is 6.15. The molecule has 1 aromatic heterocycles. The van der Waals surface area contributed by atoms with Gasteiger partial charge >= 0.3 is 6.03 Å². The molecule has 5 rings (SSSR count). The molecule has 4 aromatic rings. The molecule has 0 spiro atoms. The van der Waals surface area contributed by atoms with E-state index in [9.17, 15) is 4.79 Å². The first kappa shape index (κ1) is 20.4. The highest BCUT2D eigenvalue weighted by atomic mass is 35.5. The van der Waals surface area contributed by atoms with Crippen molar-refractivity contribution in [2.24, 2.45) is 0 Å². The molecule has 0 bridgehead atoms. The van der Waals surface area contributed by atoms with Crippen LogP contribution in [0, 0.1) is 13.8 Å². The van der Waals surface area contributed by atoms with Crippen molar-refractivity contribution >= 4 is 23.3 Å². The van der Waals surface area contributed by atoms with Gasteiger partial charge in [-0.05, 0) is 78.6 Å². The molecule has 0 radical (unpaired) electrons. The van der Waals surface area contributed by atoms with Gasteiger partial charge in [-0.3, -0.25) is 0 Å². The van der Waals surface area contributed by atoms with Crippen LogP contribution < -0.4 is 5.32 Å². The van der Waals surface area contributed by atoms with E-state index in [4.69, 9.17) is 11.6 Å². The highest BCUT2D eigenvalue weighted by molar-refractivity contribution is 6.30. The summed E-state index contributed by atoms with van der Waals surface area (Å²) in [6, 6.07) is 25.6. The number of benzene rings is 3. The third kappa shape index (κ3) is 3.67. The van der Waals surface area contributed by atoms with E-state index in [-0.39, 0.29) is 12.1 Å². The Bertz CT molecular complexity index is 1310. The minimum Gasteiger partial charge on any atom is -0.318 e. The number of nitrogens with zero attached hydrogens (tertiary/aromatic N) is 2. The number of aryl methyl sites for hydroxylation is 2. The molecule has 1 atom stereocenters.